The number of aliphatic hydroxyl groups is 2. The highest BCUT2D eigenvalue weighted by Crippen LogP contribution is 2.33. The first-order valence-corrected chi connectivity index (χ1v) is 5.88. The standard InChI is InChI=1S/C13H13F3N2O3/c1-7(19)18-6-11(20)12(21)8-2-3-9(5-17)10(4-8)13(14,15)16/h2-4,11-12,20-21H,6H2,1H3,(H,18,19). The van der Waals surface area contributed by atoms with E-state index in [0.29, 0.717) is 6.07 Å². The quantitative estimate of drug-likeness (QED) is 0.776. The summed E-state index contributed by atoms with van der Waals surface area (Å²) < 4.78 is 38.3. The van der Waals surface area contributed by atoms with Crippen LogP contribution in [0.2, 0.25) is 0 Å². The van der Waals surface area contributed by atoms with Gasteiger partial charge in [-0.25, -0.2) is 0 Å². The van der Waals surface area contributed by atoms with Gasteiger partial charge in [0.05, 0.1) is 17.2 Å². The van der Waals surface area contributed by atoms with E-state index in [1.165, 1.54) is 13.0 Å². The van der Waals surface area contributed by atoms with Crippen molar-refractivity contribution in [2.75, 3.05) is 6.54 Å². The lowest BCUT2D eigenvalue weighted by Gasteiger charge is -2.20. The molecule has 2 unspecified atom stereocenters. The second-order valence-electron chi connectivity index (χ2n) is 4.36. The third-order valence-electron chi connectivity index (χ3n) is 2.74. The van der Waals surface area contributed by atoms with Gasteiger partial charge in [-0.05, 0) is 17.7 Å². The predicted molar refractivity (Wildman–Crippen MR) is 65.8 cm³/mol. The number of nitrogens with one attached hydrogen (secondary N) is 1. The Morgan fingerprint density at radius 1 is 1.43 bits per heavy atom. The van der Waals surface area contributed by atoms with Gasteiger partial charge in [0.15, 0.2) is 0 Å². The summed E-state index contributed by atoms with van der Waals surface area (Å²) in [4.78, 5) is 10.7. The van der Waals surface area contributed by atoms with Gasteiger partial charge in [0.25, 0.3) is 0 Å². The molecule has 0 aliphatic heterocycles. The highest BCUT2D eigenvalue weighted by atomic mass is 19.4. The summed E-state index contributed by atoms with van der Waals surface area (Å²) in [6, 6.07) is 4.07. The van der Waals surface area contributed by atoms with E-state index in [-0.39, 0.29) is 12.1 Å². The maximum Gasteiger partial charge on any atom is 0.417 e. The molecule has 2 atom stereocenters. The molecule has 0 bridgehead atoms. The minimum absolute atomic E-state index is 0.195. The maximum absolute atomic E-state index is 12.8. The van der Waals surface area contributed by atoms with Crippen LogP contribution in [0.4, 0.5) is 13.2 Å². The highest BCUT2D eigenvalue weighted by molar-refractivity contribution is 5.72. The number of hydrogen-bond acceptors (Lipinski definition) is 4. The summed E-state index contributed by atoms with van der Waals surface area (Å²) in [6.45, 7) is 0.889. The van der Waals surface area contributed by atoms with Crippen LogP contribution in [-0.2, 0) is 11.0 Å². The molecule has 1 rings (SSSR count). The van der Waals surface area contributed by atoms with Crippen molar-refractivity contribution in [1.82, 2.24) is 5.32 Å². The van der Waals surface area contributed by atoms with Gasteiger partial charge in [0.1, 0.15) is 12.2 Å². The lowest BCUT2D eigenvalue weighted by Crippen LogP contribution is -2.34. The van der Waals surface area contributed by atoms with Gasteiger partial charge in [0.2, 0.25) is 5.91 Å². The fourth-order valence-electron chi connectivity index (χ4n) is 1.66. The van der Waals surface area contributed by atoms with E-state index in [1.54, 1.807) is 0 Å². The first kappa shape index (κ1) is 16.9. The van der Waals surface area contributed by atoms with Crippen LogP contribution in [-0.4, -0.2) is 28.8 Å². The third kappa shape index (κ3) is 4.44. The van der Waals surface area contributed by atoms with Crippen molar-refractivity contribution in [1.29, 1.82) is 5.26 Å². The molecule has 5 nitrogen and oxygen atoms in total. The molecule has 21 heavy (non-hydrogen) atoms. The number of carbonyl (C=O) groups is 1. The summed E-state index contributed by atoms with van der Waals surface area (Å²) in [5.74, 6) is -0.447. The maximum atomic E-state index is 12.8. The molecule has 0 aliphatic carbocycles. The summed E-state index contributed by atoms with van der Waals surface area (Å²) in [5, 5.41) is 30.3. The number of carbonyl (C=O) groups excluding carboxylic acids is 1. The molecule has 0 fully saturated rings. The molecular formula is C13H13F3N2O3. The average molecular weight is 302 g/mol. The normalized spacial score (nSPS) is 14.1. The van der Waals surface area contributed by atoms with Crippen LogP contribution in [0.25, 0.3) is 0 Å². The summed E-state index contributed by atoms with van der Waals surface area (Å²) in [7, 11) is 0. The van der Waals surface area contributed by atoms with Crippen LogP contribution in [0, 0.1) is 11.3 Å². The molecule has 1 amide bonds. The Hall–Kier alpha value is -2.11. The molecule has 1 aromatic carbocycles. The van der Waals surface area contributed by atoms with Crippen LogP contribution in [0.3, 0.4) is 0 Å². The van der Waals surface area contributed by atoms with E-state index in [1.807, 2.05) is 0 Å². The molecule has 3 N–H and O–H groups in total. The minimum atomic E-state index is -4.75. The highest BCUT2D eigenvalue weighted by Gasteiger charge is 2.34. The van der Waals surface area contributed by atoms with Gasteiger partial charge in [-0.3, -0.25) is 4.79 Å². The number of rotatable bonds is 4. The Bertz CT molecular complexity index is 567. The summed E-state index contributed by atoms with van der Waals surface area (Å²) in [6.07, 6.45) is -7.84. The number of alkyl halides is 3. The van der Waals surface area contributed by atoms with Crippen LogP contribution in [0.5, 0.6) is 0 Å². The SMILES string of the molecule is CC(=O)NCC(O)C(O)c1ccc(C#N)c(C(F)(F)F)c1. The number of hydrogen-bond donors (Lipinski definition) is 3. The van der Waals surface area contributed by atoms with Gasteiger partial charge < -0.3 is 15.5 Å². The molecule has 114 valence electrons. The number of benzene rings is 1. The number of aliphatic hydroxyl groups excluding tert-OH is 2. The Labute approximate surface area is 118 Å². The van der Waals surface area contributed by atoms with Gasteiger partial charge in [-0.1, -0.05) is 6.07 Å². The van der Waals surface area contributed by atoms with Gasteiger partial charge >= 0.3 is 6.18 Å². The molecule has 8 heteroatoms. The minimum Gasteiger partial charge on any atom is -0.388 e. The lowest BCUT2D eigenvalue weighted by molar-refractivity contribution is -0.137. The molecule has 0 aromatic heterocycles. The zero-order chi connectivity index (χ0) is 16.2. The molecule has 0 heterocycles. The molecule has 0 aliphatic rings. The zero-order valence-corrected chi connectivity index (χ0v) is 11.0. The Balaban J connectivity index is 3.04. The Morgan fingerprint density at radius 3 is 2.52 bits per heavy atom. The van der Waals surface area contributed by atoms with Gasteiger partial charge in [-0.2, -0.15) is 18.4 Å². The number of amides is 1. The van der Waals surface area contributed by atoms with Crippen molar-refractivity contribution in [3.63, 3.8) is 0 Å². The van der Waals surface area contributed by atoms with Crippen molar-refractivity contribution in [3.8, 4) is 6.07 Å². The topological polar surface area (TPSA) is 93.3 Å². The molecule has 0 spiro atoms. The van der Waals surface area contributed by atoms with Crippen molar-refractivity contribution >= 4 is 5.91 Å². The molecule has 1 aromatic rings. The van der Waals surface area contributed by atoms with Crippen molar-refractivity contribution in [2.24, 2.45) is 0 Å². The van der Waals surface area contributed by atoms with Crippen molar-refractivity contribution in [3.05, 3.63) is 34.9 Å². The van der Waals surface area contributed by atoms with E-state index < -0.39 is 35.4 Å². The van der Waals surface area contributed by atoms with Crippen LogP contribution < -0.4 is 5.32 Å². The average Bonchev–Trinajstić information content (AvgIpc) is 2.42. The third-order valence-corrected chi connectivity index (χ3v) is 2.74. The van der Waals surface area contributed by atoms with E-state index in [4.69, 9.17) is 5.26 Å². The smallest absolute Gasteiger partial charge is 0.388 e. The number of nitrogens with zero attached hydrogens (tertiary/aromatic N) is 1. The second-order valence-corrected chi connectivity index (χ2v) is 4.36. The molecule has 0 saturated carbocycles. The molecular weight excluding hydrogens is 289 g/mol. The van der Waals surface area contributed by atoms with E-state index in [0.717, 1.165) is 12.1 Å². The van der Waals surface area contributed by atoms with Crippen molar-refractivity contribution in [2.45, 2.75) is 25.3 Å². The monoisotopic (exact) mass is 302 g/mol. The largest absolute Gasteiger partial charge is 0.417 e. The molecule has 0 saturated heterocycles. The predicted octanol–water partition coefficient (Wildman–Crippen LogP) is 1.11. The van der Waals surface area contributed by atoms with E-state index in [2.05, 4.69) is 5.32 Å². The van der Waals surface area contributed by atoms with Gasteiger partial charge in [-0.15, -0.1) is 0 Å². The fourth-order valence-corrected chi connectivity index (χ4v) is 1.66. The zero-order valence-electron chi connectivity index (χ0n) is 11.0. The van der Waals surface area contributed by atoms with Crippen LogP contribution in [0.1, 0.15) is 29.7 Å². The molecule has 0 radical (unpaired) electrons. The number of halogens is 3. The first-order chi connectivity index (χ1) is 9.66. The van der Waals surface area contributed by atoms with Crippen LogP contribution in [0.15, 0.2) is 18.2 Å². The number of nitriles is 1. The first-order valence-electron chi connectivity index (χ1n) is 5.88. The Kier molecular flexibility index (Phi) is 5.29. The summed E-state index contributed by atoms with van der Waals surface area (Å²) >= 11 is 0. The van der Waals surface area contributed by atoms with Crippen molar-refractivity contribution < 1.29 is 28.2 Å². The summed E-state index contributed by atoms with van der Waals surface area (Å²) in [5.41, 5.74) is -1.96. The van der Waals surface area contributed by atoms with Crippen LogP contribution >= 0.6 is 0 Å². The van der Waals surface area contributed by atoms with E-state index in [9.17, 15) is 28.2 Å². The second kappa shape index (κ2) is 6.56. The van der Waals surface area contributed by atoms with Gasteiger partial charge in [0, 0.05) is 13.5 Å². The fraction of sp³-hybridized carbons (Fsp3) is 0.385. The Morgan fingerprint density at radius 2 is 2.05 bits per heavy atom. The lowest BCUT2D eigenvalue weighted by atomic mass is 9.98. The van der Waals surface area contributed by atoms with E-state index >= 15 is 0 Å².